The van der Waals surface area contributed by atoms with Crippen LogP contribution in [-0.4, -0.2) is 36.2 Å². The third-order valence-corrected chi connectivity index (χ3v) is 2.98. The smallest absolute Gasteiger partial charge is 0.299 e. The van der Waals surface area contributed by atoms with E-state index in [-0.39, 0.29) is 22.4 Å². The highest BCUT2D eigenvalue weighted by atomic mass is 35.5. The van der Waals surface area contributed by atoms with Gasteiger partial charge in [0.2, 0.25) is 0 Å². The van der Waals surface area contributed by atoms with Gasteiger partial charge >= 0.3 is 0 Å². The van der Waals surface area contributed by atoms with E-state index in [1.54, 1.807) is 19.0 Å². The Kier molecular flexibility index (Phi) is 3.78. The minimum atomic E-state index is -0.592. The van der Waals surface area contributed by atoms with E-state index in [0.29, 0.717) is 4.88 Å². The summed E-state index contributed by atoms with van der Waals surface area (Å²) in [6.45, 7) is 0.216. The first-order chi connectivity index (χ1) is 6.91. The van der Waals surface area contributed by atoms with Crippen LogP contribution in [0.25, 0.3) is 0 Å². The molecule has 0 N–H and O–H groups in total. The molecule has 82 valence electrons. The number of carbonyl (C=O) groups excluding carboxylic acids is 1. The van der Waals surface area contributed by atoms with Crippen LogP contribution in [0.3, 0.4) is 0 Å². The summed E-state index contributed by atoms with van der Waals surface area (Å²) in [5.74, 6) is -0.167. The molecule has 5 nitrogen and oxygen atoms in total. The Morgan fingerprint density at radius 3 is 2.67 bits per heavy atom. The van der Waals surface area contributed by atoms with Gasteiger partial charge in [0.05, 0.1) is 16.3 Å². The van der Waals surface area contributed by atoms with Crippen molar-refractivity contribution in [1.29, 1.82) is 0 Å². The van der Waals surface area contributed by atoms with E-state index in [1.807, 2.05) is 0 Å². The van der Waals surface area contributed by atoms with Crippen molar-refractivity contribution in [3.05, 3.63) is 25.4 Å². The molecular weight excluding hydrogens is 240 g/mol. The molecule has 1 aromatic heterocycles. The van der Waals surface area contributed by atoms with E-state index >= 15 is 0 Å². The van der Waals surface area contributed by atoms with Crippen molar-refractivity contribution in [2.24, 2.45) is 0 Å². The number of thiophene rings is 1. The lowest BCUT2D eigenvalue weighted by Crippen LogP contribution is -2.20. The molecule has 0 aromatic carbocycles. The molecule has 0 aliphatic heterocycles. The zero-order valence-electron chi connectivity index (χ0n) is 8.19. The van der Waals surface area contributed by atoms with Gasteiger partial charge < -0.3 is 4.90 Å². The Hall–Kier alpha value is -0.980. The first-order valence-corrected chi connectivity index (χ1v) is 5.23. The van der Waals surface area contributed by atoms with Gasteiger partial charge in [0.1, 0.15) is 0 Å². The van der Waals surface area contributed by atoms with Gasteiger partial charge in [-0.05, 0) is 14.1 Å². The van der Waals surface area contributed by atoms with E-state index in [9.17, 15) is 14.9 Å². The number of hydrogen-bond acceptors (Lipinski definition) is 5. The molecule has 1 aromatic rings. The number of hydrogen-bond donors (Lipinski definition) is 0. The van der Waals surface area contributed by atoms with Crippen molar-refractivity contribution in [3.8, 4) is 0 Å². The Labute approximate surface area is 95.4 Å². The molecule has 0 saturated heterocycles. The molecule has 1 heterocycles. The lowest BCUT2D eigenvalue weighted by atomic mass is 10.3. The van der Waals surface area contributed by atoms with Crippen molar-refractivity contribution in [3.63, 3.8) is 0 Å². The van der Waals surface area contributed by atoms with Gasteiger partial charge in [-0.25, -0.2) is 0 Å². The second-order valence-electron chi connectivity index (χ2n) is 3.19. The van der Waals surface area contributed by atoms with Crippen LogP contribution in [-0.2, 0) is 0 Å². The summed E-state index contributed by atoms with van der Waals surface area (Å²) < 4.78 is 0.0436. The standard InChI is InChI=1S/C8H9ClN2O3S/c1-10(2)4-6(12)7-3-5(11(13)14)8(9)15-7/h3H,4H2,1-2H3. The summed E-state index contributed by atoms with van der Waals surface area (Å²) in [5.41, 5.74) is -0.205. The predicted octanol–water partition coefficient (Wildman–Crippen LogP) is 2.05. The average molecular weight is 249 g/mol. The Morgan fingerprint density at radius 1 is 1.67 bits per heavy atom. The van der Waals surface area contributed by atoms with Crippen LogP contribution in [0.5, 0.6) is 0 Å². The van der Waals surface area contributed by atoms with Crippen LogP contribution in [0.2, 0.25) is 4.34 Å². The van der Waals surface area contributed by atoms with Gasteiger partial charge in [-0.1, -0.05) is 11.6 Å². The third kappa shape index (κ3) is 2.98. The number of nitrogens with zero attached hydrogens (tertiary/aromatic N) is 2. The summed E-state index contributed by atoms with van der Waals surface area (Å²) in [7, 11) is 3.50. The highest BCUT2D eigenvalue weighted by Gasteiger charge is 2.20. The van der Waals surface area contributed by atoms with Crippen LogP contribution in [0.15, 0.2) is 6.07 Å². The molecular formula is C8H9ClN2O3S. The van der Waals surface area contributed by atoms with Crippen molar-refractivity contribution in [1.82, 2.24) is 4.90 Å². The number of nitro groups is 1. The third-order valence-electron chi connectivity index (χ3n) is 1.60. The molecule has 0 aliphatic rings. The minimum Gasteiger partial charge on any atom is -0.302 e. The zero-order chi connectivity index (χ0) is 11.6. The molecule has 15 heavy (non-hydrogen) atoms. The Bertz CT molecular complexity index is 403. The predicted molar refractivity (Wildman–Crippen MR) is 58.9 cm³/mol. The van der Waals surface area contributed by atoms with E-state index in [4.69, 9.17) is 11.6 Å². The highest BCUT2D eigenvalue weighted by Crippen LogP contribution is 2.33. The van der Waals surface area contributed by atoms with Crippen molar-refractivity contribution >= 4 is 34.4 Å². The van der Waals surface area contributed by atoms with Gasteiger partial charge in [0.15, 0.2) is 10.1 Å². The van der Waals surface area contributed by atoms with Gasteiger partial charge in [-0.3, -0.25) is 14.9 Å². The van der Waals surface area contributed by atoms with Gasteiger partial charge in [-0.15, -0.1) is 11.3 Å². The first kappa shape index (κ1) is 12.1. The van der Waals surface area contributed by atoms with E-state index < -0.39 is 4.92 Å². The van der Waals surface area contributed by atoms with Crippen LogP contribution < -0.4 is 0 Å². The molecule has 0 bridgehead atoms. The van der Waals surface area contributed by atoms with Gasteiger partial charge in [0, 0.05) is 6.07 Å². The maximum Gasteiger partial charge on any atom is 0.299 e. The van der Waals surface area contributed by atoms with Gasteiger partial charge in [-0.2, -0.15) is 0 Å². The van der Waals surface area contributed by atoms with E-state index in [0.717, 1.165) is 11.3 Å². The maximum atomic E-state index is 11.5. The molecule has 0 unspecified atom stereocenters. The molecule has 0 saturated carbocycles. The molecule has 1 rings (SSSR count). The zero-order valence-corrected chi connectivity index (χ0v) is 9.76. The minimum absolute atomic E-state index is 0.0436. The van der Waals surface area contributed by atoms with Crippen molar-refractivity contribution in [2.45, 2.75) is 0 Å². The van der Waals surface area contributed by atoms with E-state index in [1.165, 1.54) is 6.07 Å². The molecule has 0 fully saturated rings. The Balaban J connectivity index is 2.92. The number of carbonyl (C=O) groups is 1. The quantitative estimate of drug-likeness (QED) is 0.465. The largest absolute Gasteiger partial charge is 0.302 e. The molecule has 0 spiro atoms. The summed E-state index contributed by atoms with van der Waals surface area (Å²) in [4.78, 5) is 23.4. The first-order valence-electron chi connectivity index (χ1n) is 4.03. The van der Waals surface area contributed by atoms with Gasteiger partial charge in [0.25, 0.3) is 5.69 Å². The topological polar surface area (TPSA) is 63.5 Å². The normalized spacial score (nSPS) is 10.7. The lowest BCUT2D eigenvalue weighted by molar-refractivity contribution is -0.384. The molecule has 0 radical (unpaired) electrons. The Morgan fingerprint density at radius 2 is 2.27 bits per heavy atom. The van der Waals surface area contributed by atoms with Crippen molar-refractivity contribution in [2.75, 3.05) is 20.6 Å². The molecule has 0 amide bonds. The molecule has 0 atom stereocenters. The summed E-state index contributed by atoms with van der Waals surface area (Å²) in [5, 5.41) is 10.5. The van der Waals surface area contributed by atoms with Crippen LogP contribution in [0.4, 0.5) is 5.69 Å². The highest BCUT2D eigenvalue weighted by molar-refractivity contribution is 7.18. The number of halogens is 1. The van der Waals surface area contributed by atoms with E-state index in [2.05, 4.69) is 0 Å². The fourth-order valence-electron chi connectivity index (χ4n) is 0.986. The second kappa shape index (κ2) is 4.69. The summed E-state index contributed by atoms with van der Waals surface area (Å²) in [6, 6.07) is 1.22. The SMILES string of the molecule is CN(C)CC(=O)c1cc([N+](=O)[O-])c(Cl)s1. The van der Waals surface area contributed by atoms with Crippen LogP contribution in [0, 0.1) is 10.1 Å². The monoisotopic (exact) mass is 248 g/mol. The van der Waals surface area contributed by atoms with Crippen LogP contribution >= 0.6 is 22.9 Å². The lowest BCUT2D eigenvalue weighted by Gasteiger charge is -2.05. The summed E-state index contributed by atoms with van der Waals surface area (Å²) in [6.07, 6.45) is 0. The average Bonchev–Trinajstić information content (AvgIpc) is 2.46. The fraction of sp³-hybridized carbons (Fsp3) is 0.375. The second-order valence-corrected chi connectivity index (χ2v) is 4.84. The maximum absolute atomic E-state index is 11.5. The number of likely N-dealkylation sites (N-methyl/N-ethyl adjacent to an activating group) is 1. The van der Waals surface area contributed by atoms with Crippen molar-refractivity contribution < 1.29 is 9.72 Å². The number of ketones is 1. The molecule has 7 heteroatoms. The summed E-state index contributed by atoms with van der Waals surface area (Å²) >= 11 is 6.57. The molecule has 0 aliphatic carbocycles. The number of Topliss-reactive ketones (excluding diaryl/α,β-unsaturated/α-hetero) is 1. The number of rotatable bonds is 4. The van der Waals surface area contributed by atoms with Crippen LogP contribution in [0.1, 0.15) is 9.67 Å². The fourth-order valence-corrected chi connectivity index (χ4v) is 2.14.